The molecule has 0 radical (unpaired) electrons. The van der Waals surface area contributed by atoms with Gasteiger partial charge >= 0.3 is 136 Å². The van der Waals surface area contributed by atoms with Crippen LogP contribution in [0.1, 0.15) is 25.7 Å². The van der Waals surface area contributed by atoms with Crippen LogP contribution in [-0.4, -0.2) is 194 Å². The molecule has 0 spiro atoms. The predicted molar refractivity (Wildman–Crippen MR) is 75.7 cm³/mol. The first-order valence-electron chi connectivity index (χ1n) is 6.23. The van der Waals surface area contributed by atoms with Crippen LogP contribution < -0.4 is 30.6 Å². The average molecular weight is 641 g/mol. The van der Waals surface area contributed by atoms with E-state index in [9.17, 15) is 59.4 Å². The maximum atomic E-state index is 10.1. The molecule has 0 bridgehead atoms. The van der Waals surface area contributed by atoms with E-state index in [4.69, 9.17) is 10.2 Å². The van der Waals surface area contributed by atoms with Crippen molar-refractivity contribution in [3.63, 3.8) is 0 Å². The molecule has 0 rings (SSSR count). The second-order valence-electron chi connectivity index (χ2n) is 4.83. The molecule has 0 saturated carbocycles. The Balaban J connectivity index is -0.000000120. The molecule has 2 N–H and O–H groups in total. The maximum absolute atomic E-state index is 10.1. The normalized spacial score (nSPS) is 9.72. The summed E-state index contributed by atoms with van der Waals surface area (Å²) < 4.78 is 0. The Morgan fingerprint density at radius 1 is 0.483 bits per heavy atom. The van der Waals surface area contributed by atoms with Gasteiger partial charge in [0.05, 0.1) is 11.9 Å². The molecule has 14 nitrogen and oxygen atoms in total. The van der Waals surface area contributed by atoms with Crippen molar-refractivity contribution in [2.75, 3.05) is 0 Å². The summed E-state index contributed by atoms with van der Waals surface area (Å²) in [6, 6.07) is 0. The Morgan fingerprint density at radius 3 is 0.690 bits per heavy atom. The summed E-state index contributed by atoms with van der Waals surface area (Å²) in [5, 5.41) is 77.9. The van der Waals surface area contributed by atoms with Crippen molar-refractivity contribution < 1.29 is 69.6 Å². The van der Waals surface area contributed by atoms with Gasteiger partial charge < -0.3 is 69.6 Å². The first kappa shape index (κ1) is 40.5. The fourth-order valence-corrected chi connectivity index (χ4v) is 1.37. The largest absolute Gasteiger partial charge is 2.00 e. The van der Waals surface area contributed by atoms with E-state index < -0.39 is 72.7 Å². The third-order valence-electron chi connectivity index (χ3n) is 2.51. The van der Waals surface area contributed by atoms with Gasteiger partial charge in [-0.15, -0.1) is 0 Å². The third-order valence-corrected chi connectivity index (χ3v) is 2.51. The van der Waals surface area contributed by atoms with Gasteiger partial charge in [-0.25, -0.2) is 0 Å². The second kappa shape index (κ2) is 18.7. The molecule has 0 amide bonds. The van der Waals surface area contributed by atoms with Gasteiger partial charge in [-0.3, -0.25) is 0 Å². The minimum absolute atomic E-state index is 0. The SMILES string of the molecule is O=C([O-])CC(O)(CC(=O)[O-])C(=O)[O-].O=C([O-])CC(O)(CC(=O)[O-])C(=O)[O-].[Sr+2].[Sr+2].[Sr+2]. The molecule has 0 aromatic heterocycles. The topological polar surface area (TPSA) is 281 Å². The van der Waals surface area contributed by atoms with Crippen molar-refractivity contribution >= 4 is 172 Å². The molecule has 0 aromatic carbocycles. The Labute approximate surface area is 273 Å². The zero-order valence-corrected chi connectivity index (χ0v) is 25.2. The molecule has 17 heteroatoms. The van der Waals surface area contributed by atoms with Crippen molar-refractivity contribution in [1.29, 1.82) is 0 Å². The first-order valence-corrected chi connectivity index (χ1v) is 6.23. The molecular weight excluding hydrogens is 631 g/mol. The van der Waals surface area contributed by atoms with E-state index in [0.717, 1.165) is 0 Å². The number of hydrogen-bond acceptors (Lipinski definition) is 14. The Kier molecular flexibility index (Phi) is 26.2. The summed E-state index contributed by atoms with van der Waals surface area (Å²) in [5.74, 6) is -12.0. The average Bonchev–Trinajstić information content (AvgIpc) is 2.34. The molecule has 0 aliphatic heterocycles. The minimum Gasteiger partial charge on any atom is -0.550 e. The van der Waals surface area contributed by atoms with E-state index in [1.165, 1.54) is 0 Å². The molecule has 0 fully saturated rings. The van der Waals surface area contributed by atoms with Crippen LogP contribution >= 0.6 is 0 Å². The van der Waals surface area contributed by atoms with E-state index in [1.807, 2.05) is 0 Å². The number of carbonyl (C=O) groups excluding carboxylic acids is 6. The number of aliphatic hydroxyl groups is 2. The van der Waals surface area contributed by atoms with Crippen molar-refractivity contribution in [3.8, 4) is 0 Å². The zero-order chi connectivity index (χ0) is 21.3. The number of hydrogen-bond donors (Lipinski definition) is 2. The Bertz CT molecular complexity index is 521. The zero-order valence-electron chi connectivity index (χ0n) is 14.7. The molecule has 0 aromatic rings. The molecule has 0 aliphatic carbocycles. The van der Waals surface area contributed by atoms with Gasteiger partial charge in [0.25, 0.3) is 0 Å². The van der Waals surface area contributed by atoms with E-state index in [-0.39, 0.29) is 136 Å². The second-order valence-corrected chi connectivity index (χ2v) is 4.83. The molecule has 0 aliphatic rings. The van der Waals surface area contributed by atoms with Gasteiger partial charge in [0, 0.05) is 49.6 Å². The van der Waals surface area contributed by atoms with Crippen LogP contribution in [0.5, 0.6) is 0 Å². The first-order chi connectivity index (χ1) is 11.6. The van der Waals surface area contributed by atoms with Crippen LogP contribution in [0, 0.1) is 0 Å². The molecule has 0 unspecified atom stereocenters. The Morgan fingerprint density at radius 2 is 0.621 bits per heavy atom. The van der Waals surface area contributed by atoms with Crippen molar-refractivity contribution in [3.05, 3.63) is 0 Å². The smallest absolute Gasteiger partial charge is 0.550 e. The van der Waals surface area contributed by atoms with Gasteiger partial charge in [-0.2, -0.15) is 0 Å². The fraction of sp³-hybridized carbons (Fsp3) is 0.500. The molecular formula is C12H10O14Sr3. The van der Waals surface area contributed by atoms with E-state index in [1.54, 1.807) is 0 Å². The van der Waals surface area contributed by atoms with Gasteiger partial charge in [-0.1, -0.05) is 0 Å². The maximum Gasteiger partial charge on any atom is 2.00 e. The third kappa shape index (κ3) is 19.6. The Hall–Kier alpha value is 1.18. The molecule has 148 valence electrons. The summed E-state index contributed by atoms with van der Waals surface area (Å²) >= 11 is 0. The van der Waals surface area contributed by atoms with Gasteiger partial charge in [0.2, 0.25) is 0 Å². The van der Waals surface area contributed by atoms with E-state index >= 15 is 0 Å². The van der Waals surface area contributed by atoms with Crippen LogP contribution in [-0.2, 0) is 28.8 Å². The number of carboxylic acid groups (broad SMARTS) is 6. The van der Waals surface area contributed by atoms with Crippen LogP contribution in [0.3, 0.4) is 0 Å². The standard InChI is InChI=1S/2C6H8O7.3Sr/c2*7-3(8)1-6(13,5(11)12)2-4(9)10;;;/h2*13H,1-2H2,(H,7,8)(H,9,10)(H,11,12);;;/q;;3*+2/p-6. The predicted octanol–water partition coefficient (Wildman–Crippen LogP) is -11.6. The summed E-state index contributed by atoms with van der Waals surface area (Å²) in [6.45, 7) is 0. The van der Waals surface area contributed by atoms with E-state index in [2.05, 4.69) is 0 Å². The summed E-state index contributed by atoms with van der Waals surface area (Å²) in [7, 11) is 0. The molecule has 0 saturated heterocycles. The number of aliphatic carboxylic acids is 6. The van der Waals surface area contributed by atoms with Crippen LogP contribution in [0.2, 0.25) is 0 Å². The number of carboxylic acids is 6. The van der Waals surface area contributed by atoms with Crippen LogP contribution in [0.25, 0.3) is 0 Å². The van der Waals surface area contributed by atoms with Gasteiger partial charge in [-0.05, 0) is 0 Å². The summed E-state index contributed by atoms with van der Waals surface area (Å²) in [4.78, 5) is 60.0. The number of rotatable bonds is 10. The monoisotopic (exact) mass is 642 g/mol. The summed E-state index contributed by atoms with van der Waals surface area (Å²) in [5.41, 5.74) is -5.95. The fourth-order valence-electron chi connectivity index (χ4n) is 1.37. The number of carbonyl (C=O) groups is 6. The quantitative estimate of drug-likeness (QED) is 0.210. The minimum atomic E-state index is -2.97. The van der Waals surface area contributed by atoms with Crippen molar-refractivity contribution in [2.45, 2.75) is 36.9 Å². The van der Waals surface area contributed by atoms with Gasteiger partial charge in [0.15, 0.2) is 0 Å². The molecule has 0 atom stereocenters. The van der Waals surface area contributed by atoms with Crippen molar-refractivity contribution in [1.82, 2.24) is 0 Å². The summed E-state index contributed by atoms with van der Waals surface area (Å²) in [6.07, 6.45) is -5.43. The van der Waals surface area contributed by atoms with Gasteiger partial charge in [0.1, 0.15) is 11.2 Å². The van der Waals surface area contributed by atoms with E-state index in [0.29, 0.717) is 0 Å². The van der Waals surface area contributed by atoms with Crippen LogP contribution in [0.15, 0.2) is 0 Å². The van der Waals surface area contributed by atoms with Crippen LogP contribution in [0.4, 0.5) is 0 Å². The van der Waals surface area contributed by atoms with Crippen molar-refractivity contribution in [2.24, 2.45) is 0 Å². The molecule has 0 heterocycles. The molecule has 29 heavy (non-hydrogen) atoms.